The molecule has 1 aromatic heterocycles. The van der Waals surface area contributed by atoms with Gasteiger partial charge in [0.1, 0.15) is 5.82 Å². The molecule has 2 nitrogen and oxygen atoms in total. The summed E-state index contributed by atoms with van der Waals surface area (Å²) in [7, 11) is 0. The van der Waals surface area contributed by atoms with Crippen molar-refractivity contribution in [1.29, 1.82) is 0 Å². The van der Waals surface area contributed by atoms with Gasteiger partial charge in [0.15, 0.2) is 0 Å². The average molecular weight is 423 g/mol. The Hall–Kier alpha value is -1.84. The third-order valence-electron chi connectivity index (χ3n) is 7.95. The quantitative estimate of drug-likeness (QED) is 0.493. The minimum Gasteiger partial charge on any atom is -0.343 e. The van der Waals surface area contributed by atoms with E-state index < -0.39 is 0 Å². The van der Waals surface area contributed by atoms with Crippen LogP contribution in [0.5, 0.6) is 0 Å². The maximum Gasteiger partial charge on any atom is 0.129 e. The number of para-hydroxylation sites is 1. The van der Waals surface area contributed by atoms with E-state index in [1.165, 1.54) is 55.5 Å². The molecule has 0 saturated heterocycles. The molecule has 156 valence electrons. The maximum atomic E-state index is 14.4. The Bertz CT molecular complexity index is 1050. The van der Waals surface area contributed by atoms with Gasteiger partial charge in [-0.15, -0.1) is 0 Å². The molecule has 4 fully saturated rings. The van der Waals surface area contributed by atoms with E-state index in [2.05, 4.69) is 40.3 Å². The van der Waals surface area contributed by atoms with Gasteiger partial charge in [0.25, 0.3) is 0 Å². The van der Waals surface area contributed by atoms with E-state index in [1.54, 1.807) is 12.1 Å². The molecule has 7 rings (SSSR count). The molecular weight excluding hydrogens is 395 g/mol. The molecule has 30 heavy (non-hydrogen) atoms. The Kier molecular flexibility index (Phi) is 4.47. The molecular formula is C26H28ClFN2. The van der Waals surface area contributed by atoms with Crippen LogP contribution in [0.25, 0.3) is 10.9 Å². The number of hydrogen-bond acceptors (Lipinski definition) is 1. The third-order valence-corrected chi connectivity index (χ3v) is 8.31. The molecule has 4 aliphatic carbocycles. The average Bonchev–Trinajstić information content (AvgIpc) is 3.06. The van der Waals surface area contributed by atoms with Crippen LogP contribution >= 0.6 is 11.6 Å². The lowest BCUT2D eigenvalue weighted by Crippen LogP contribution is -2.58. The van der Waals surface area contributed by atoms with Gasteiger partial charge in [-0.3, -0.25) is 0 Å². The van der Waals surface area contributed by atoms with E-state index in [0.717, 1.165) is 29.8 Å². The lowest BCUT2D eigenvalue weighted by atomic mass is 9.53. The fourth-order valence-corrected chi connectivity index (χ4v) is 7.28. The molecule has 4 aliphatic rings. The molecule has 4 heteroatoms. The van der Waals surface area contributed by atoms with Gasteiger partial charge in [-0.25, -0.2) is 4.39 Å². The molecule has 1 heterocycles. The first-order valence-electron chi connectivity index (χ1n) is 11.3. The van der Waals surface area contributed by atoms with Crippen molar-refractivity contribution in [3.8, 4) is 0 Å². The van der Waals surface area contributed by atoms with E-state index in [4.69, 9.17) is 11.6 Å². The highest BCUT2D eigenvalue weighted by Gasteiger charge is 2.50. The lowest BCUT2D eigenvalue weighted by Gasteiger charge is -2.57. The van der Waals surface area contributed by atoms with Crippen molar-refractivity contribution in [3.63, 3.8) is 0 Å². The normalized spacial score (nSPS) is 29.7. The number of rotatable bonds is 5. The largest absolute Gasteiger partial charge is 0.343 e. The van der Waals surface area contributed by atoms with Crippen LogP contribution in [-0.4, -0.2) is 10.1 Å². The summed E-state index contributed by atoms with van der Waals surface area (Å²) in [6.07, 6.45) is 10.6. The lowest BCUT2D eigenvalue weighted by molar-refractivity contribution is -0.0205. The standard InChI is InChI=1S/C26H28ClFN2/c27-23-5-3-6-24(28)22(23)16-30-15-20(21-4-1-2-7-25(21)30)14-29-26-11-17-8-18(12-26)10-19(9-17)13-26/h1-7,15,17-19,29H,8-14,16H2. The fraction of sp³-hybridized carbons (Fsp3) is 0.462. The van der Waals surface area contributed by atoms with Crippen molar-refractivity contribution < 1.29 is 4.39 Å². The summed E-state index contributed by atoms with van der Waals surface area (Å²) < 4.78 is 16.6. The first-order valence-corrected chi connectivity index (χ1v) is 11.7. The Morgan fingerprint density at radius 1 is 0.967 bits per heavy atom. The SMILES string of the molecule is Fc1cccc(Cl)c1Cn1cc(CNC23CC4CC(CC(C4)C2)C3)c2ccccc21. The zero-order valence-corrected chi connectivity index (χ0v) is 18.0. The molecule has 4 bridgehead atoms. The Morgan fingerprint density at radius 3 is 2.37 bits per heavy atom. The molecule has 2 aromatic carbocycles. The van der Waals surface area contributed by atoms with Crippen molar-refractivity contribution in [2.45, 2.75) is 57.2 Å². The zero-order valence-electron chi connectivity index (χ0n) is 17.2. The van der Waals surface area contributed by atoms with Crippen molar-refractivity contribution in [2.24, 2.45) is 17.8 Å². The van der Waals surface area contributed by atoms with Crippen molar-refractivity contribution in [3.05, 3.63) is 70.6 Å². The monoisotopic (exact) mass is 422 g/mol. The summed E-state index contributed by atoms with van der Waals surface area (Å²) in [5.41, 5.74) is 3.33. The second-order valence-corrected chi connectivity index (χ2v) is 10.5. The van der Waals surface area contributed by atoms with Crippen LogP contribution in [0.3, 0.4) is 0 Å². The second kappa shape index (κ2) is 7.10. The van der Waals surface area contributed by atoms with Crippen LogP contribution in [0.15, 0.2) is 48.7 Å². The van der Waals surface area contributed by atoms with Crippen LogP contribution in [0.1, 0.15) is 49.7 Å². The molecule has 0 aliphatic heterocycles. The van der Waals surface area contributed by atoms with E-state index in [0.29, 0.717) is 22.7 Å². The van der Waals surface area contributed by atoms with Crippen molar-refractivity contribution in [1.82, 2.24) is 9.88 Å². The molecule has 0 unspecified atom stereocenters. The fourth-order valence-electron chi connectivity index (χ4n) is 7.06. The number of hydrogen-bond donors (Lipinski definition) is 1. The molecule has 0 spiro atoms. The van der Waals surface area contributed by atoms with Crippen molar-refractivity contribution in [2.75, 3.05) is 0 Å². The first kappa shape index (κ1) is 18.9. The van der Waals surface area contributed by atoms with Crippen LogP contribution in [0.4, 0.5) is 4.39 Å². The Labute approximate surface area is 182 Å². The number of nitrogens with zero attached hydrogens (tertiary/aromatic N) is 1. The van der Waals surface area contributed by atoms with Crippen molar-refractivity contribution >= 4 is 22.5 Å². The van der Waals surface area contributed by atoms with Gasteiger partial charge < -0.3 is 9.88 Å². The van der Waals surface area contributed by atoms with Gasteiger partial charge in [0.05, 0.1) is 6.54 Å². The number of fused-ring (bicyclic) bond motifs is 1. The van der Waals surface area contributed by atoms with Crippen LogP contribution < -0.4 is 5.32 Å². The Morgan fingerprint density at radius 2 is 1.67 bits per heavy atom. The number of halogens is 2. The summed E-state index contributed by atoms with van der Waals surface area (Å²) in [6, 6.07) is 13.4. The molecule has 0 radical (unpaired) electrons. The molecule has 1 N–H and O–H groups in total. The first-order chi connectivity index (χ1) is 14.6. The van der Waals surface area contributed by atoms with Gasteiger partial charge in [-0.05, 0) is 80.0 Å². The maximum absolute atomic E-state index is 14.4. The van der Waals surface area contributed by atoms with E-state index in [1.807, 2.05) is 0 Å². The second-order valence-electron chi connectivity index (χ2n) is 10.1. The highest BCUT2D eigenvalue weighted by Crippen LogP contribution is 2.55. The van der Waals surface area contributed by atoms with E-state index in [9.17, 15) is 4.39 Å². The van der Waals surface area contributed by atoms with Gasteiger partial charge >= 0.3 is 0 Å². The topological polar surface area (TPSA) is 17.0 Å². The van der Waals surface area contributed by atoms with Crippen LogP contribution in [-0.2, 0) is 13.1 Å². The van der Waals surface area contributed by atoms with Gasteiger partial charge in [-0.2, -0.15) is 0 Å². The predicted octanol–water partition coefficient (Wildman–Crippen LogP) is 6.54. The minimum atomic E-state index is -0.242. The molecule has 0 amide bonds. The van der Waals surface area contributed by atoms with Gasteiger partial charge in [-0.1, -0.05) is 35.9 Å². The summed E-state index contributed by atoms with van der Waals surface area (Å²) in [5, 5.41) is 5.76. The third kappa shape index (κ3) is 3.18. The summed E-state index contributed by atoms with van der Waals surface area (Å²) in [5.74, 6) is 2.57. The summed E-state index contributed by atoms with van der Waals surface area (Å²) in [6.45, 7) is 1.33. The number of benzene rings is 2. The zero-order chi connectivity index (χ0) is 20.3. The van der Waals surface area contributed by atoms with E-state index >= 15 is 0 Å². The smallest absolute Gasteiger partial charge is 0.129 e. The van der Waals surface area contributed by atoms with Gasteiger partial charge in [0, 0.05) is 39.8 Å². The minimum absolute atomic E-state index is 0.242. The number of nitrogens with one attached hydrogen (secondary N) is 1. The highest BCUT2D eigenvalue weighted by atomic mass is 35.5. The summed E-state index contributed by atoms with van der Waals surface area (Å²) in [4.78, 5) is 0. The highest BCUT2D eigenvalue weighted by molar-refractivity contribution is 6.31. The van der Waals surface area contributed by atoms with Gasteiger partial charge in [0.2, 0.25) is 0 Å². The number of aromatic nitrogens is 1. The molecule has 3 aromatic rings. The van der Waals surface area contributed by atoms with E-state index in [-0.39, 0.29) is 5.82 Å². The predicted molar refractivity (Wildman–Crippen MR) is 120 cm³/mol. The summed E-state index contributed by atoms with van der Waals surface area (Å²) >= 11 is 6.31. The van der Waals surface area contributed by atoms with Crippen LogP contribution in [0.2, 0.25) is 5.02 Å². The van der Waals surface area contributed by atoms with Crippen LogP contribution in [0, 0.1) is 23.6 Å². The Balaban J connectivity index is 1.29. The molecule has 4 saturated carbocycles. The molecule has 0 atom stereocenters.